The number of halogens is 1. The van der Waals surface area contributed by atoms with Gasteiger partial charge in [0.2, 0.25) is 0 Å². The Morgan fingerprint density at radius 1 is 1.57 bits per heavy atom. The molecule has 0 saturated carbocycles. The summed E-state index contributed by atoms with van der Waals surface area (Å²) in [7, 11) is -1.21. The maximum Gasteiger partial charge on any atom is 0.126 e. The molecule has 0 aliphatic carbocycles. The van der Waals surface area contributed by atoms with Crippen molar-refractivity contribution in [3.63, 3.8) is 0 Å². The SMILES string of the molecule is CCOCS(=O)c1ccc(Cl)cc1N. The first-order valence-electron chi connectivity index (χ1n) is 4.16. The van der Waals surface area contributed by atoms with E-state index in [2.05, 4.69) is 0 Å². The first-order chi connectivity index (χ1) is 6.65. The number of nitrogens with two attached hydrogens (primary N) is 1. The fraction of sp³-hybridized carbons (Fsp3) is 0.333. The molecule has 0 heterocycles. The number of nitrogen functional groups attached to an aromatic ring is 1. The predicted octanol–water partition coefficient (Wildman–Crippen LogP) is 2.02. The van der Waals surface area contributed by atoms with Gasteiger partial charge < -0.3 is 10.5 Å². The Kier molecular flexibility index (Phi) is 4.38. The molecule has 78 valence electrons. The van der Waals surface area contributed by atoms with E-state index in [1.807, 2.05) is 6.92 Å². The van der Waals surface area contributed by atoms with Crippen LogP contribution in [0, 0.1) is 0 Å². The van der Waals surface area contributed by atoms with Crippen LogP contribution >= 0.6 is 11.6 Å². The summed E-state index contributed by atoms with van der Waals surface area (Å²) in [4.78, 5) is 0.572. The van der Waals surface area contributed by atoms with Crippen molar-refractivity contribution in [1.82, 2.24) is 0 Å². The van der Waals surface area contributed by atoms with E-state index in [4.69, 9.17) is 22.1 Å². The molecule has 0 fully saturated rings. The molecule has 0 radical (unpaired) electrons. The van der Waals surface area contributed by atoms with E-state index in [1.165, 1.54) is 0 Å². The Hall–Kier alpha value is -0.580. The minimum atomic E-state index is -1.21. The van der Waals surface area contributed by atoms with E-state index in [9.17, 15) is 4.21 Å². The largest absolute Gasteiger partial charge is 0.398 e. The van der Waals surface area contributed by atoms with Crippen molar-refractivity contribution in [1.29, 1.82) is 0 Å². The summed E-state index contributed by atoms with van der Waals surface area (Å²) in [6.07, 6.45) is 0. The van der Waals surface area contributed by atoms with Gasteiger partial charge in [-0.25, -0.2) is 0 Å². The van der Waals surface area contributed by atoms with E-state index in [0.717, 1.165) is 0 Å². The zero-order valence-electron chi connectivity index (χ0n) is 7.83. The molecule has 0 saturated heterocycles. The summed E-state index contributed by atoms with van der Waals surface area (Å²) >= 11 is 5.72. The second-order valence-electron chi connectivity index (χ2n) is 2.64. The summed E-state index contributed by atoms with van der Waals surface area (Å²) in [6, 6.07) is 4.91. The Morgan fingerprint density at radius 3 is 2.86 bits per heavy atom. The first kappa shape index (κ1) is 11.5. The molecule has 0 aromatic heterocycles. The highest BCUT2D eigenvalue weighted by atomic mass is 35.5. The summed E-state index contributed by atoms with van der Waals surface area (Å²) in [6.45, 7) is 2.39. The van der Waals surface area contributed by atoms with Crippen molar-refractivity contribution < 1.29 is 8.95 Å². The minimum absolute atomic E-state index is 0.169. The minimum Gasteiger partial charge on any atom is -0.398 e. The molecule has 1 rings (SSSR count). The molecular formula is C9H12ClNO2S. The highest BCUT2D eigenvalue weighted by molar-refractivity contribution is 7.85. The predicted molar refractivity (Wildman–Crippen MR) is 58.8 cm³/mol. The van der Waals surface area contributed by atoms with Crippen LogP contribution in [0.3, 0.4) is 0 Å². The van der Waals surface area contributed by atoms with Crippen LogP contribution in [0.2, 0.25) is 5.02 Å². The standard InChI is InChI=1S/C9H12ClNO2S/c1-2-13-6-14(12)9-4-3-7(10)5-8(9)11/h3-5H,2,6,11H2,1H3. The summed E-state index contributed by atoms with van der Waals surface area (Å²) in [5.74, 6) is 0.169. The Bertz CT molecular complexity index is 344. The van der Waals surface area contributed by atoms with Crippen LogP contribution in [-0.2, 0) is 15.5 Å². The van der Waals surface area contributed by atoms with Gasteiger partial charge in [-0.15, -0.1) is 0 Å². The van der Waals surface area contributed by atoms with Gasteiger partial charge in [0.15, 0.2) is 0 Å². The molecular weight excluding hydrogens is 222 g/mol. The van der Waals surface area contributed by atoms with Crippen LogP contribution in [-0.4, -0.2) is 16.8 Å². The fourth-order valence-corrected chi connectivity index (χ4v) is 2.12. The van der Waals surface area contributed by atoms with Gasteiger partial charge in [-0.3, -0.25) is 4.21 Å². The second kappa shape index (κ2) is 5.34. The quantitative estimate of drug-likeness (QED) is 0.810. The van der Waals surface area contributed by atoms with Crippen LogP contribution in [0.1, 0.15) is 6.92 Å². The molecule has 0 bridgehead atoms. The van der Waals surface area contributed by atoms with Crippen LogP contribution in [0.4, 0.5) is 5.69 Å². The molecule has 1 aromatic carbocycles. The highest BCUT2D eigenvalue weighted by Gasteiger charge is 2.07. The number of hydrogen-bond donors (Lipinski definition) is 1. The topological polar surface area (TPSA) is 52.3 Å². The monoisotopic (exact) mass is 233 g/mol. The number of ether oxygens (including phenoxy) is 1. The van der Waals surface area contributed by atoms with Gasteiger partial charge in [0, 0.05) is 17.3 Å². The zero-order chi connectivity index (χ0) is 10.6. The maximum absolute atomic E-state index is 11.6. The van der Waals surface area contributed by atoms with Crippen LogP contribution in [0.15, 0.2) is 23.1 Å². The van der Waals surface area contributed by atoms with Crippen molar-refractivity contribution in [2.24, 2.45) is 0 Å². The molecule has 1 unspecified atom stereocenters. The lowest BCUT2D eigenvalue weighted by Gasteiger charge is -2.05. The van der Waals surface area contributed by atoms with Gasteiger partial charge in [-0.05, 0) is 25.1 Å². The maximum atomic E-state index is 11.6. The number of anilines is 1. The normalized spacial score (nSPS) is 12.7. The highest BCUT2D eigenvalue weighted by Crippen LogP contribution is 2.21. The van der Waals surface area contributed by atoms with Gasteiger partial charge in [0.1, 0.15) is 5.94 Å². The Morgan fingerprint density at radius 2 is 2.29 bits per heavy atom. The van der Waals surface area contributed by atoms with Gasteiger partial charge in [-0.1, -0.05) is 11.6 Å². The van der Waals surface area contributed by atoms with Crippen LogP contribution in [0.25, 0.3) is 0 Å². The molecule has 0 spiro atoms. The number of hydrogen-bond acceptors (Lipinski definition) is 3. The first-order valence-corrected chi connectivity index (χ1v) is 5.86. The van der Waals surface area contributed by atoms with Gasteiger partial charge in [0.25, 0.3) is 0 Å². The van der Waals surface area contributed by atoms with Crippen molar-refractivity contribution in [2.75, 3.05) is 18.3 Å². The van der Waals surface area contributed by atoms with Crippen molar-refractivity contribution >= 4 is 28.1 Å². The lowest BCUT2D eigenvalue weighted by molar-refractivity contribution is 0.196. The second-order valence-corrected chi connectivity index (χ2v) is 4.44. The number of rotatable bonds is 4. The summed E-state index contributed by atoms with van der Waals surface area (Å²) in [5.41, 5.74) is 6.10. The molecule has 1 aromatic rings. The summed E-state index contributed by atoms with van der Waals surface area (Å²) in [5, 5.41) is 0.541. The molecule has 3 nitrogen and oxygen atoms in total. The van der Waals surface area contributed by atoms with E-state index in [-0.39, 0.29) is 5.94 Å². The zero-order valence-corrected chi connectivity index (χ0v) is 9.40. The van der Waals surface area contributed by atoms with E-state index in [0.29, 0.717) is 22.2 Å². The molecule has 0 aliphatic heterocycles. The van der Waals surface area contributed by atoms with Gasteiger partial charge in [-0.2, -0.15) is 0 Å². The Labute approximate surface area is 90.7 Å². The van der Waals surface area contributed by atoms with Gasteiger partial charge in [0.05, 0.1) is 15.7 Å². The van der Waals surface area contributed by atoms with Crippen LogP contribution < -0.4 is 5.73 Å². The van der Waals surface area contributed by atoms with Crippen molar-refractivity contribution in [3.8, 4) is 0 Å². The third-order valence-electron chi connectivity index (χ3n) is 1.61. The van der Waals surface area contributed by atoms with E-state index in [1.54, 1.807) is 18.2 Å². The van der Waals surface area contributed by atoms with Crippen molar-refractivity contribution in [3.05, 3.63) is 23.2 Å². The fourth-order valence-electron chi connectivity index (χ4n) is 0.949. The van der Waals surface area contributed by atoms with E-state index < -0.39 is 10.8 Å². The van der Waals surface area contributed by atoms with E-state index >= 15 is 0 Å². The average molecular weight is 234 g/mol. The summed E-state index contributed by atoms with van der Waals surface area (Å²) < 4.78 is 16.6. The lowest BCUT2D eigenvalue weighted by atomic mass is 10.3. The molecule has 1 atom stereocenters. The van der Waals surface area contributed by atoms with Crippen molar-refractivity contribution in [2.45, 2.75) is 11.8 Å². The number of benzene rings is 1. The van der Waals surface area contributed by atoms with Gasteiger partial charge >= 0.3 is 0 Å². The molecule has 2 N–H and O–H groups in total. The molecule has 14 heavy (non-hydrogen) atoms. The third kappa shape index (κ3) is 2.97. The molecule has 5 heteroatoms. The lowest BCUT2D eigenvalue weighted by Crippen LogP contribution is -2.05. The molecule has 0 aliphatic rings. The smallest absolute Gasteiger partial charge is 0.126 e. The average Bonchev–Trinajstić information content (AvgIpc) is 2.14. The third-order valence-corrected chi connectivity index (χ3v) is 3.09. The Balaban J connectivity index is 2.80. The van der Waals surface area contributed by atoms with Crippen LogP contribution in [0.5, 0.6) is 0 Å². The molecule has 0 amide bonds.